The fourth-order valence-electron chi connectivity index (χ4n) is 8.27. The Bertz CT molecular complexity index is 1590. The third-order valence-electron chi connectivity index (χ3n) is 11.2. The number of nitrogens with zero attached hydrogens (tertiary/aromatic N) is 1. The Labute approximate surface area is 273 Å². The summed E-state index contributed by atoms with van der Waals surface area (Å²) >= 11 is 6.36. The molecule has 6 rings (SSSR count). The second-order valence-electron chi connectivity index (χ2n) is 14.0. The average molecular weight is 683 g/mol. The minimum Gasteiger partial charge on any atom is -0.490 e. The van der Waals surface area contributed by atoms with Crippen LogP contribution in [0.15, 0.2) is 36.4 Å². The maximum atomic E-state index is 14.0. The summed E-state index contributed by atoms with van der Waals surface area (Å²) in [5.74, 6) is -2.08. The highest BCUT2D eigenvalue weighted by atomic mass is 35.5. The van der Waals surface area contributed by atoms with E-state index < -0.39 is 50.7 Å². The minimum atomic E-state index is -4.76. The fraction of sp³-hybridized carbons (Fsp3) is 0.618. The lowest BCUT2D eigenvalue weighted by molar-refractivity contribution is -0.231. The molecule has 2 bridgehead atoms. The Morgan fingerprint density at radius 1 is 1.09 bits per heavy atom. The van der Waals surface area contributed by atoms with Crippen molar-refractivity contribution in [1.29, 1.82) is 0 Å². The highest BCUT2D eigenvalue weighted by Crippen LogP contribution is 2.49. The predicted octanol–water partition coefficient (Wildman–Crippen LogP) is 6.65. The number of fused-ring (bicyclic) bond motifs is 4. The number of benzene rings is 2. The van der Waals surface area contributed by atoms with Crippen molar-refractivity contribution in [3.8, 4) is 5.75 Å². The van der Waals surface area contributed by atoms with Crippen molar-refractivity contribution in [2.24, 2.45) is 23.7 Å². The molecule has 0 aromatic heterocycles. The Balaban J connectivity index is 1.43. The predicted molar refractivity (Wildman–Crippen MR) is 171 cm³/mol. The van der Waals surface area contributed by atoms with Gasteiger partial charge in [0.15, 0.2) is 6.10 Å². The topological polar surface area (TPSA) is 95.9 Å². The molecule has 4 aliphatic rings. The molecule has 0 saturated heterocycles. The molecule has 2 aromatic rings. The van der Waals surface area contributed by atoms with Crippen LogP contribution in [0.1, 0.15) is 80.3 Å². The average Bonchev–Trinajstić information content (AvgIpc) is 3.13. The minimum absolute atomic E-state index is 0.111. The molecule has 2 N–H and O–H groups in total. The number of ether oxygens (including phenoxy) is 1. The first-order valence-corrected chi connectivity index (χ1v) is 18.2. The van der Waals surface area contributed by atoms with Crippen LogP contribution in [-0.4, -0.2) is 56.7 Å². The number of aliphatic hydroxyl groups excluding tert-OH is 1. The van der Waals surface area contributed by atoms with Gasteiger partial charge < -0.3 is 14.7 Å². The molecule has 2 aliphatic carbocycles. The molecular weight excluding hydrogens is 641 g/mol. The van der Waals surface area contributed by atoms with Crippen LogP contribution >= 0.6 is 11.6 Å². The number of anilines is 1. The first-order chi connectivity index (χ1) is 21.7. The van der Waals surface area contributed by atoms with Gasteiger partial charge in [-0.2, -0.15) is 13.2 Å². The van der Waals surface area contributed by atoms with Gasteiger partial charge in [0.1, 0.15) is 5.75 Å². The molecule has 7 atom stereocenters. The second-order valence-corrected chi connectivity index (χ2v) is 16.5. The molecule has 2 aliphatic heterocycles. The summed E-state index contributed by atoms with van der Waals surface area (Å²) in [7, 11) is -4.08. The molecule has 12 heteroatoms. The van der Waals surface area contributed by atoms with Gasteiger partial charge in [0, 0.05) is 29.1 Å². The number of aryl methyl sites for hydroxylation is 1. The molecule has 1 amide bonds. The van der Waals surface area contributed by atoms with E-state index in [0.29, 0.717) is 55.4 Å². The summed E-state index contributed by atoms with van der Waals surface area (Å²) < 4.78 is 77.3. The third kappa shape index (κ3) is 6.35. The third-order valence-corrected chi connectivity index (χ3v) is 13.4. The van der Waals surface area contributed by atoms with Gasteiger partial charge in [-0.3, -0.25) is 4.79 Å². The zero-order valence-corrected chi connectivity index (χ0v) is 27.7. The monoisotopic (exact) mass is 682 g/mol. The molecule has 7 nitrogen and oxygen atoms in total. The Morgan fingerprint density at radius 3 is 2.59 bits per heavy atom. The van der Waals surface area contributed by atoms with Crippen LogP contribution in [0.4, 0.5) is 18.9 Å². The Kier molecular flexibility index (Phi) is 9.08. The Morgan fingerprint density at radius 2 is 1.87 bits per heavy atom. The standard InChI is InChI=1S/C34H42ClF3N2O5S/c1-20-5-3-7-27(31(41)34(36,37)38)26-11-8-24(26)17-40-18-33(14-4-6-22-15-25(35)10-12-28(22)33)19-45-30-13-9-23(16-29(30)40)32(42)39-46(43,44)21(20)2/h9-10,12-13,15-16,20-21,24,26-27,31,41H,3-8,11,14,17-19H2,1-2H3,(H,39,42)/t20?,21?,24?,26?,27-,31+,33?/m1/s1. The van der Waals surface area contributed by atoms with Crippen molar-refractivity contribution >= 4 is 33.2 Å². The summed E-state index contributed by atoms with van der Waals surface area (Å²) in [4.78, 5) is 15.5. The highest BCUT2D eigenvalue weighted by Gasteiger charge is 2.51. The largest absolute Gasteiger partial charge is 0.490 e. The van der Waals surface area contributed by atoms with E-state index in [0.717, 1.165) is 36.8 Å². The Hall–Kier alpha value is -2.50. The van der Waals surface area contributed by atoms with Crippen molar-refractivity contribution < 1.29 is 36.2 Å². The van der Waals surface area contributed by atoms with Gasteiger partial charge in [-0.1, -0.05) is 31.0 Å². The van der Waals surface area contributed by atoms with Gasteiger partial charge >= 0.3 is 6.18 Å². The lowest BCUT2D eigenvalue weighted by Gasteiger charge is -2.48. The molecule has 252 valence electrons. The second kappa shape index (κ2) is 12.5. The van der Waals surface area contributed by atoms with Gasteiger partial charge in [-0.05, 0) is 117 Å². The zero-order valence-electron chi connectivity index (χ0n) is 26.2. The van der Waals surface area contributed by atoms with Crippen molar-refractivity contribution in [2.75, 3.05) is 24.6 Å². The molecule has 1 fully saturated rings. The van der Waals surface area contributed by atoms with E-state index in [-0.39, 0.29) is 23.8 Å². The number of amides is 1. The first kappa shape index (κ1) is 33.4. The number of hydrogen-bond acceptors (Lipinski definition) is 6. The van der Waals surface area contributed by atoms with E-state index in [1.54, 1.807) is 25.1 Å². The van der Waals surface area contributed by atoms with Crippen LogP contribution < -0.4 is 14.4 Å². The number of carbonyl (C=O) groups excluding carboxylic acids is 1. The lowest BCUT2D eigenvalue weighted by Crippen LogP contribution is -2.51. The number of hydrogen-bond donors (Lipinski definition) is 2. The van der Waals surface area contributed by atoms with Gasteiger partial charge in [0.05, 0.1) is 17.5 Å². The van der Waals surface area contributed by atoms with Crippen molar-refractivity contribution in [1.82, 2.24) is 4.72 Å². The highest BCUT2D eigenvalue weighted by molar-refractivity contribution is 7.90. The van der Waals surface area contributed by atoms with E-state index >= 15 is 0 Å². The quantitative estimate of drug-likeness (QED) is 0.350. The van der Waals surface area contributed by atoms with E-state index in [4.69, 9.17) is 16.3 Å². The van der Waals surface area contributed by atoms with E-state index in [1.807, 2.05) is 18.2 Å². The van der Waals surface area contributed by atoms with Gasteiger partial charge in [0.2, 0.25) is 10.0 Å². The molecule has 46 heavy (non-hydrogen) atoms. The van der Waals surface area contributed by atoms with Crippen LogP contribution in [0, 0.1) is 23.7 Å². The number of rotatable bonds is 1. The van der Waals surface area contributed by atoms with Crippen LogP contribution in [0.25, 0.3) is 0 Å². The molecule has 5 unspecified atom stereocenters. The SMILES string of the molecule is CC1CCC[C@@H]([C@H](O)C(F)(F)F)C2CCC2CN2CC3(CCCc4cc(Cl)ccc43)COc3ccc(cc32)C(=O)NS(=O)(=O)C1C. The van der Waals surface area contributed by atoms with Crippen molar-refractivity contribution in [3.05, 3.63) is 58.1 Å². The molecule has 1 saturated carbocycles. The fourth-order valence-corrected chi connectivity index (χ4v) is 9.77. The molecule has 2 heterocycles. The number of nitrogens with one attached hydrogen (secondary N) is 1. The summed E-state index contributed by atoms with van der Waals surface area (Å²) in [6, 6.07) is 10.8. The smallest absolute Gasteiger partial charge is 0.414 e. The molecular formula is C34H42ClF3N2O5S. The first-order valence-electron chi connectivity index (χ1n) is 16.3. The summed E-state index contributed by atoms with van der Waals surface area (Å²) in [6.07, 6.45) is -2.47. The van der Waals surface area contributed by atoms with Gasteiger partial charge in [-0.25, -0.2) is 13.1 Å². The maximum absolute atomic E-state index is 14.0. The summed E-state index contributed by atoms with van der Waals surface area (Å²) in [5, 5.41) is 10.3. The van der Waals surface area contributed by atoms with E-state index in [2.05, 4.69) is 9.62 Å². The summed E-state index contributed by atoms with van der Waals surface area (Å²) in [5.41, 5.74) is 2.61. The van der Waals surface area contributed by atoms with Crippen molar-refractivity contribution in [2.45, 2.75) is 88.2 Å². The summed E-state index contributed by atoms with van der Waals surface area (Å²) in [6.45, 7) is 4.52. The van der Waals surface area contributed by atoms with Crippen LogP contribution in [-0.2, 0) is 21.9 Å². The number of alkyl halides is 3. The van der Waals surface area contributed by atoms with Gasteiger partial charge in [0.25, 0.3) is 5.91 Å². The van der Waals surface area contributed by atoms with Crippen LogP contribution in [0.5, 0.6) is 5.75 Å². The van der Waals surface area contributed by atoms with E-state index in [1.165, 1.54) is 6.92 Å². The zero-order chi connectivity index (χ0) is 33.0. The maximum Gasteiger partial charge on any atom is 0.414 e. The lowest BCUT2D eigenvalue weighted by atomic mass is 9.63. The normalized spacial score (nSPS) is 32.2. The van der Waals surface area contributed by atoms with Gasteiger partial charge in [-0.15, -0.1) is 0 Å². The molecule has 1 spiro atoms. The molecule has 2 aromatic carbocycles. The van der Waals surface area contributed by atoms with E-state index in [9.17, 15) is 31.5 Å². The number of carbonyl (C=O) groups is 1. The van der Waals surface area contributed by atoms with Crippen molar-refractivity contribution in [3.63, 3.8) is 0 Å². The molecule has 0 radical (unpaired) electrons. The number of aliphatic hydroxyl groups is 1. The van der Waals surface area contributed by atoms with Crippen LogP contribution in [0.2, 0.25) is 5.02 Å². The number of halogens is 4. The number of sulfonamides is 1. The van der Waals surface area contributed by atoms with Crippen LogP contribution in [0.3, 0.4) is 0 Å².